The van der Waals surface area contributed by atoms with Gasteiger partial charge in [-0.3, -0.25) is 14.5 Å². The van der Waals surface area contributed by atoms with E-state index in [0.717, 1.165) is 26.1 Å². The second-order valence-corrected chi connectivity index (χ2v) is 9.44. The molecule has 0 radical (unpaired) electrons. The number of benzene rings is 1. The number of pyridine rings is 1. The lowest BCUT2D eigenvalue weighted by molar-refractivity contribution is 0.0944. The van der Waals surface area contributed by atoms with Crippen LogP contribution in [-0.2, 0) is 32.5 Å². The maximum absolute atomic E-state index is 13.2. The summed E-state index contributed by atoms with van der Waals surface area (Å²) in [7, 11) is 1.47. The monoisotopic (exact) mass is 479 g/mol. The predicted molar refractivity (Wildman–Crippen MR) is 131 cm³/mol. The average molecular weight is 480 g/mol. The Morgan fingerprint density at radius 3 is 2.54 bits per heavy atom. The number of aromatic nitrogens is 3. The van der Waals surface area contributed by atoms with E-state index in [2.05, 4.69) is 58.6 Å². The molecule has 1 aliphatic rings. The van der Waals surface area contributed by atoms with Crippen LogP contribution in [0.25, 0.3) is 0 Å². The molecule has 0 saturated carbocycles. The lowest BCUT2D eigenvalue weighted by atomic mass is 10.0. The van der Waals surface area contributed by atoms with Gasteiger partial charge >= 0.3 is 0 Å². The minimum Gasteiger partial charge on any atom is -0.496 e. The van der Waals surface area contributed by atoms with Crippen molar-refractivity contribution in [1.82, 2.24) is 25.1 Å². The molecule has 0 atom stereocenters. The molecule has 35 heavy (non-hydrogen) atoms. The quantitative estimate of drug-likeness (QED) is 0.530. The summed E-state index contributed by atoms with van der Waals surface area (Å²) in [5.41, 5.74) is 4.68. The largest absolute Gasteiger partial charge is 0.496 e. The van der Waals surface area contributed by atoms with Gasteiger partial charge in [-0.05, 0) is 30.4 Å². The summed E-state index contributed by atoms with van der Waals surface area (Å²) in [6.07, 6.45) is 1.63. The maximum Gasteiger partial charge on any atom is 0.257 e. The van der Waals surface area contributed by atoms with Gasteiger partial charge in [0, 0.05) is 44.4 Å². The number of aryl methyl sites for hydroxylation is 1. The van der Waals surface area contributed by atoms with Gasteiger partial charge in [0.15, 0.2) is 0 Å². The zero-order chi connectivity index (χ0) is 24.9. The first kappa shape index (κ1) is 24.7. The fourth-order valence-corrected chi connectivity index (χ4v) is 4.53. The van der Waals surface area contributed by atoms with Gasteiger partial charge in [0.1, 0.15) is 22.7 Å². The molecular weight excluding hydrogens is 446 g/mol. The number of fused-ring (bicyclic) bond motifs is 1. The summed E-state index contributed by atoms with van der Waals surface area (Å²) in [5, 5.41) is 10.4. The number of methoxy groups -OCH3 is 1. The van der Waals surface area contributed by atoms with Crippen LogP contribution in [0.2, 0.25) is 0 Å². The van der Waals surface area contributed by atoms with Gasteiger partial charge in [0.25, 0.3) is 11.5 Å². The van der Waals surface area contributed by atoms with Crippen LogP contribution in [-0.4, -0.2) is 45.9 Å². The van der Waals surface area contributed by atoms with Crippen LogP contribution >= 0.6 is 0 Å². The number of hydrogen-bond acceptors (Lipinski definition) is 7. The Labute approximate surface area is 205 Å². The van der Waals surface area contributed by atoms with E-state index in [9.17, 15) is 9.59 Å². The Bertz CT molecular complexity index is 1230. The highest BCUT2D eigenvalue weighted by Gasteiger charge is 2.25. The Balaban J connectivity index is 1.51. The molecule has 1 aliphatic heterocycles. The van der Waals surface area contributed by atoms with Crippen LogP contribution < -0.4 is 15.6 Å². The zero-order valence-corrected chi connectivity index (χ0v) is 20.8. The molecule has 9 nitrogen and oxygen atoms in total. The molecule has 0 saturated heterocycles. The number of amides is 1. The molecule has 1 N–H and O–H groups in total. The van der Waals surface area contributed by atoms with Crippen molar-refractivity contribution in [1.29, 1.82) is 0 Å². The third-order valence-corrected chi connectivity index (χ3v) is 6.37. The molecule has 1 amide bonds. The van der Waals surface area contributed by atoms with Crippen molar-refractivity contribution >= 4 is 5.91 Å². The van der Waals surface area contributed by atoms with Gasteiger partial charge < -0.3 is 14.6 Å². The van der Waals surface area contributed by atoms with Gasteiger partial charge in [-0.2, -0.15) is 0 Å². The van der Waals surface area contributed by atoms with Crippen molar-refractivity contribution in [3.05, 3.63) is 74.5 Å². The number of nitrogens with zero attached hydrogens (tertiary/aromatic N) is 4. The first-order valence-electron chi connectivity index (χ1n) is 12.0. The van der Waals surface area contributed by atoms with E-state index in [0.29, 0.717) is 41.5 Å². The highest BCUT2D eigenvalue weighted by Crippen LogP contribution is 2.23. The summed E-state index contributed by atoms with van der Waals surface area (Å²) < 4.78 is 11.9. The van der Waals surface area contributed by atoms with Gasteiger partial charge in [-0.1, -0.05) is 48.4 Å². The molecule has 0 bridgehead atoms. The van der Waals surface area contributed by atoms with E-state index in [4.69, 9.17) is 9.37 Å². The number of ether oxygens (including phenoxy) is 1. The van der Waals surface area contributed by atoms with Gasteiger partial charge in [0.2, 0.25) is 0 Å². The summed E-state index contributed by atoms with van der Waals surface area (Å²) in [4.78, 5) is 28.4. The number of carbonyl (C=O) groups is 1. The van der Waals surface area contributed by atoms with E-state index in [1.54, 1.807) is 11.5 Å². The van der Waals surface area contributed by atoms with E-state index in [1.165, 1.54) is 24.3 Å². The molecule has 9 heteroatoms. The van der Waals surface area contributed by atoms with Crippen molar-refractivity contribution in [2.24, 2.45) is 5.92 Å². The van der Waals surface area contributed by atoms with Crippen molar-refractivity contribution in [2.45, 2.75) is 53.2 Å². The average Bonchev–Trinajstić information content (AvgIpc) is 3.12. The highest BCUT2D eigenvalue weighted by molar-refractivity contribution is 5.98. The summed E-state index contributed by atoms with van der Waals surface area (Å²) in [5.74, 6) is 0.591. The Morgan fingerprint density at radius 1 is 1.14 bits per heavy atom. The fourth-order valence-electron chi connectivity index (χ4n) is 4.53. The van der Waals surface area contributed by atoms with Crippen molar-refractivity contribution in [3.8, 4) is 5.75 Å². The van der Waals surface area contributed by atoms with Gasteiger partial charge in [-0.15, -0.1) is 0 Å². The van der Waals surface area contributed by atoms with Crippen molar-refractivity contribution in [3.63, 3.8) is 0 Å². The molecule has 4 rings (SSSR count). The lowest BCUT2D eigenvalue weighted by Gasteiger charge is -2.19. The molecule has 186 valence electrons. The molecule has 2 aromatic heterocycles. The first-order valence-corrected chi connectivity index (χ1v) is 12.0. The third-order valence-electron chi connectivity index (χ3n) is 6.37. The maximum atomic E-state index is 13.2. The first-order chi connectivity index (χ1) is 16.9. The SMILES string of the molecule is COc1cc(=O)n2c(c1C(=O)NCc1nonc1C)CCN(Cc1ccc(CC(C)C)cc1)CC2. The number of carbonyl (C=O) groups excluding carboxylic acids is 1. The molecular formula is C26H33N5O4. The summed E-state index contributed by atoms with van der Waals surface area (Å²) in [6, 6.07) is 10.2. The van der Waals surface area contributed by atoms with Crippen molar-refractivity contribution < 1.29 is 14.2 Å². The molecule has 0 aliphatic carbocycles. The van der Waals surface area contributed by atoms with Crippen LogP contribution in [0.3, 0.4) is 0 Å². The molecule has 0 fully saturated rings. The lowest BCUT2D eigenvalue weighted by Crippen LogP contribution is -2.31. The second kappa shape index (κ2) is 10.9. The number of hydrogen-bond donors (Lipinski definition) is 1. The van der Waals surface area contributed by atoms with Crippen molar-refractivity contribution in [2.75, 3.05) is 20.2 Å². The summed E-state index contributed by atoms with van der Waals surface area (Å²) in [6.45, 7) is 9.14. The normalized spacial score (nSPS) is 14.0. The second-order valence-electron chi connectivity index (χ2n) is 9.44. The molecule has 0 spiro atoms. The molecule has 1 aromatic carbocycles. The smallest absolute Gasteiger partial charge is 0.257 e. The minimum atomic E-state index is -0.317. The van der Waals surface area contributed by atoms with Crippen LogP contribution in [0.15, 0.2) is 39.8 Å². The van der Waals surface area contributed by atoms with Crippen LogP contribution in [0.1, 0.15) is 52.4 Å². The Kier molecular flexibility index (Phi) is 7.65. The van der Waals surface area contributed by atoms with Crippen LogP contribution in [0.4, 0.5) is 0 Å². The predicted octanol–water partition coefficient (Wildman–Crippen LogP) is 2.74. The molecule has 3 aromatic rings. The highest BCUT2D eigenvalue weighted by atomic mass is 16.6. The summed E-state index contributed by atoms with van der Waals surface area (Å²) >= 11 is 0. The topological polar surface area (TPSA) is 102 Å². The van der Waals surface area contributed by atoms with E-state index >= 15 is 0 Å². The molecule has 0 unspecified atom stereocenters. The number of rotatable bonds is 8. The third kappa shape index (κ3) is 5.79. The molecule has 3 heterocycles. The Hall–Kier alpha value is -3.46. The van der Waals surface area contributed by atoms with Gasteiger partial charge in [-0.25, -0.2) is 4.63 Å². The minimum absolute atomic E-state index is 0.162. The van der Waals surface area contributed by atoms with Crippen LogP contribution in [0, 0.1) is 12.8 Å². The van der Waals surface area contributed by atoms with E-state index in [-0.39, 0.29) is 23.8 Å². The van der Waals surface area contributed by atoms with E-state index in [1.807, 2.05) is 0 Å². The standard InChI is InChI=1S/C26H33N5O4/c1-17(2)13-19-5-7-20(8-6-19)16-30-10-9-22-25(23(34-4)14-24(32)31(22)12-11-30)26(33)27-15-21-18(3)28-35-29-21/h5-8,14,17H,9-13,15-16H2,1-4H3,(H,27,33). The fraction of sp³-hybridized carbons (Fsp3) is 0.462. The zero-order valence-electron chi connectivity index (χ0n) is 20.8. The van der Waals surface area contributed by atoms with E-state index < -0.39 is 0 Å². The Morgan fingerprint density at radius 2 is 1.89 bits per heavy atom. The van der Waals surface area contributed by atoms with Crippen LogP contribution in [0.5, 0.6) is 5.75 Å². The number of nitrogens with one attached hydrogen (secondary N) is 1. The van der Waals surface area contributed by atoms with Gasteiger partial charge in [0.05, 0.1) is 13.7 Å².